The van der Waals surface area contributed by atoms with E-state index in [1.807, 2.05) is 0 Å². The van der Waals surface area contributed by atoms with Gasteiger partial charge in [0.05, 0.1) is 5.69 Å². The smallest absolute Gasteiger partial charge is 0.354 e. The lowest BCUT2D eigenvalue weighted by atomic mass is 10.2. The van der Waals surface area contributed by atoms with Crippen LogP contribution in [-0.4, -0.2) is 26.0 Å². The van der Waals surface area contributed by atoms with Crippen LogP contribution >= 0.6 is 0 Å². The molecule has 0 unspecified atom stereocenters. The monoisotopic (exact) mass is 191 g/mol. The minimum atomic E-state index is -1.00. The van der Waals surface area contributed by atoms with Crippen molar-refractivity contribution in [1.82, 2.24) is 15.0 Å². The van der Waals surface area contributed by atoms with Crippen LogP contribution in [0.3, 0.4) is 0 Å². The van der Waals surface area contributed by atoms with E-state index in [0.29, 0.717) is 17.2 Å². The summed E-state index contributed by atoms with van der Waals surface area (Å²) < 4.78 is 0. The summed E-state index contributed by atoms with van der Waals surface area (Å²) in [4.78, 5) is 20.6. The lowest BCUT2D eigenvalue weighted by Gasteiger charge is -1.93. The van der Waals surface area contributed by atoms with Crippen LogP contribution in [-0.2, 0) is 0 Å². The van der Waals surface area contributed by atoms with E-state index in [0.717, 1.165) is 0 Å². The molecule has 0 fully saturated rings. The lowest BCUT2D eigenvalue weighted by molar-refractivity contribution is 0.0692. The van der Waals surface area contributed by atoms with Gasteiger partial charge >= 0.3 is 5.97 Å². The summed E-state index contributed by atoms with van der Waals surface area (Å²) in [6, 6.07) is 3.58. The molecule has 0 saturated heterocycles. The molecule has 72 valence electrons. The molecule has 0 atom stereocenters. The van der Waals surface area contributed by atoms with E-state index in [9.17, 15) is 4.79 Å². The molecule has 2 aromatic rings. The molecule has 0 aliphatic heterocycles. The van der Waals surface area contributed by atoms with Crippen LogP contribution in [0.25, 0.3) is 11.4 Å². The highest BCUT2D eigenvalue weighted by atomic mass is 16.4. The Morgan fingerprint density at radius 3 is 2.93 bits per heavy atom. The standard InChI is InChI=1S/C9H9N3O2/c1-5-11-7(6-3-2-4-10-6)8(12-5)9(13)14/h2-4,10H,1H3,(H,11,12)(H,13,14). The molecule has 0 bridgehead atoms. The molecule has 5 nitrogen and oxygen atoms in total. The Kier molecular flexibility index (Phi) is 1.85. The van der Waals surface area contributed by atoms with Crippen molar-refractivity contribution < 1.29 is 9.90 Å². The number of carboxylic acid groups (broad SMARTS) is 1. The Morgan fingerprint density at radius 1 is 1.57 bits per heavy atom. The molecule has 0 radical (unpaired) electrons. The summed E-state index contributed by atoms with van der Waals surface area (Å²) in [5.74, 6) is -0.415. The number of H-pyrrole nitrogens is 2. The Morgan fingerprint density at radius 2 is 2.36 bits per heavy atom. The molecule has 0 amide bonds. The topological polar surface area (TPSA) is 81.8 Å². The minimum absolute atomic E-state index is 0.116. The third-order valence-electron chi connectivity index (χ3n) is 1.89. The molecule has 2 rings (SSSR count). The Hall–Kier alpha value is -2.04. The molecule has 2 heterocycles. The van der Waals surface area contributed by atoms with E-state index in [2.05, 4.69) is 15.0 Å². The number of carbonyl (C=O) groups is 1. The first-order valence-electron chi connectivity index (χ1n) is 4.12. The van der Waals surface area contributed by atoms with Gasteiger partial charge in [-0.25, -0.2) is 9.78 Å². The van der Waals surface area contributed by atoms with Crippen molar-refractivity contribution in [1.29, 1.82) is 0 Å². The zero-order valence-electron chi connectivity index (χ0n) is 7.53. The zero-order chi connectivity index (χ0) is 10.1. The van der Waals surface area contributed by atoms with Crippen LogP contribution in [0.1, 0.15) is 16.3 Å². The van der Waals surface area contributed by atoms with E-state index in [-0.39, 0.29) is 5.69 Å². The van der Waals surface area contributed by atoms with Crippen molar-refractivity contribution in [2.24, 2.45) is 0 Å². The predicted molar refractivity (Wildman–Crippen MR) is 50.1 cm³/mol. The number of aromatic amines is 2. The Bertz CT molecular complexity index is 456. The number of imidazole rings is 1. The fourth-order valence-corrected chi connectivity index (χ4v) is 1.32. The predicted octanol–water partition coefficient (Wildman–Crippen LogP) is 1.41. The lowest BCUT2D eigenvalue weighted by Crippen LogP contribution is -1.99. The number of aryl methyl sites for hydroxylation is 1. The third-order valence-corrected chi connectivity index (χ3v) is 1.89. The zero-order valence-corrected chi connectivity index (χ0v) is 7.53. The van der Waals surface area contributed by atoms with Crippen molar-refractivity contribution in [3.8, 4) is 11.4 Å². The van der Waals surface area contributed by atoms with E-state index in [1.165, 1.54) is 0 Å². The summed E-state index contributed by atoms with van der Waals surface area (Å²) >= 11 is 0. The van der Waals surface area contributed by atoms with E-state index < -0.39 is 5.97 Å². The van der Waals surface area contributed by atoms with Gasteiger partial charge < -0.3 is 15.1 Å². The number of hydrogen-bond acceptors (Lipinski definition) is 2. The largest absolute Gasteiger partial charge is 0.477 e. The van der Waals surface area contributed by atoms with Gasteiger partial charge in [0.25, 0.3) is 0 Å². The second kappa shape index (κ2) is 3.02. The van der Waals surface area contributed by atoms with Gasteiger partial charge in [0.1, 0.15) is 11.5 Å². The number of nitrogens with zero attached hydrogens (tertiary/aromatic N) is 1. The van der Waals surface area contributed by atoms with Crippen LogP contribution in [0.2, 0.25) is 0 Å². The highest BCUT2D eigenvalue weighted by molar-refractivity contribution is 5.92. The maximum absolute atomic E-state index is 10.8. The molecule has 14 heavy (non-hydrogen) atoms. The molecule has 3 N–H and O–H groups in total. The second-order valence-electron chi connectivity index (χ2n) is 2.93. The molecule has 0 saturated carbocycles. The van der Waals surface area contributed by atoms with E-state index in [1.54, 1.807) is 25.3 Å². The van der Waals surface area contributed by atoms with Crippen molar-refractivity contribution in [3.63, 3.8) is 0 Å². The number of hydrogen-bond donors (Lipinski definition) is 3. The average molecular weight is 191 g/mol. The summed E-state index contributed by atoms with van der Waals surface area (Å²) in [5, 5.41) is 8.89. The summed E-state index contributed by atoms with van der Waals surface area (Å²) in [5.41, 5.74) is 1.26. The molecule has 0 spiro atoms. The van der Waals surface area contributed by atoms with Crippen molar-refractivity contribution in [2.45, 2.75) is 6.92 Å². The summed E-state index contributed by atoms with van der Waals surface area (Å²) in [7, 11) is 0. The van der Waals surface area contributed by atoms with Gasteiger partial charge in [-0.3, -0.25) is 0 Å². The fourth-order valence-electron chi connectivity index (χ4n) is 1.32. The quantitative estimate of drug-likeness (QED) is 0.671. The third kappa shape index (κ3) is 1.28. The van der Waals surface area contributed by atoms with Gasteiger partial charge in [-0.05, 0) is 19.1 Å². The van der Waals surface area contributed by atoms with Gasteiger partial charge in [-0.15, -0.1) is 0 Å². The fraction of sp³-hybridized carbons (Fsp3) is 0.111. The maximum Gasteiger partial charge on any atom is 0.354 e. The number of aromatic carboxylic acids is 1. The molecule has 0 aliphatic carbocycles. The molecular formula is C9H9N3O2. The van der Waals surface area contributed by atoms with Crippen molar-refractivity contribution >= 4 is 5.97 Å². The van der Waals surface area contributed by atoms with Gasteiger partial charge in [0.2, 0.25) is 0 Å². The summed E-state index contributed by atoms with van der Waals surface area (Å²) in [6.45, 7) is 1.72. The van der Waals surface area contributed by atoms with Crippen LogP contribution in [0.15, 0.2) is 18.3 Å². The number of nitrogens with one attached hydrogen (secondary N) is 2. The van der Waals surface area contributed by atoms with Crippen molar-refractivity contribution in [2.75, 3.05) is 0 Å². The van der Waals surface area contributed by atoms with Crippen LogP contribution in [0.5, 0.6) is 0 Å². The molecule has 2 aromatic heterocycles. The van der Waals surface area contributed by atoms with E-state index in [4.69, 9.17) is 5.11 Å². The van der Waals surface area contributed by atoms with Crippen LogP contribution in [0.4, 0.5) is 0 Å². The van der Waals surface area contributed by atoms with Gasteiger partial charge in [0.15, 0.2) is 5.69 Å². The molecule has 5 heteroatoms. The SMILES string of the molecule is Cc1nc(-c2ccc[nH]2)c(C(=O)O)[nH]1. The first-order valence-corrected chi connectivity index (χ1v) is 4.12. The average Bonchev–Trinajstić information content (AvgIpc) is 2.70. The van der Waals surface area contributed by atoms with Gasteiger partial charge in [0, 0.05) is 6.20 Å². The molecule has 0 aromatic carbocycles. The Balaban J connectivity index is 2.58. The summed E-state index contributed by atoms with van der Waals surface area (Å²) in [6.07, 6.45) is 1.73. The minimum Gasteiger partial charge on any atom is -0.477 e. The van der Waals surface area contributed by atoms with Crippen LogP contribution in [0, 0.1) is 6.92 Å². The highest BCUT2D eigenvalue weighted by Gasteiger charge is 2.16. The molecular weight excluding hydrogens is 182 g/mol. The first-order chi connectivity index (χ1) is 6.68. The molecule has 0 aliphatic rings. The first kappa shape index (κ1) is 8.55. The highest BCUT2D eigenvalue weighted by Crippen LogP contribution is 2.19. The number of rotatable bonds is 2. The normalized spacial score (nSPS) is 10.4. The van der Waals surface area contributed by atoms with E-state index >= 15 is 0 Å². The van der Waals surface area contributed by atoms with Gasteiger partial charge in [-0.2, -0.15) is 0 Å². The number of aromatic nitrogens is 3. The number of carboxylic acids is 1. The maximum atomic E-state index is 10.8. The van der Waals surface area contributed by atoms with Crippen molar-refractivity contribution in [3.05, 3.63) is 29.8 Å². The Labute approximate surface area is 79.8 Å². The second-order valence-corrected chi connectivity index (χ2v) is 2.93. The van der Waals surface area contributed by atoms with Gasteiger partial charge in [-0.1, -0.05) is 0 Å². The van der Waals surface area contributed by atoms with Crippen LogP contribution < -0.4 is 0 Å².